The van der Waals surface area contributed by atoms with Gasteiger partial charge in [-0.1, -0.05) is 42.5 Å². The predicted octanol–water partition coefficient (Wildman–Crippen LogP) is 3.19. The van der Waals surface area contributed by atoms with E-state index in [9.17, 15) is 9.90 Å². The van der Waals surface area contributed by atoms with Crippen molar-refractivity contribution in [1.29, 1.82) is 0 Å². The highest BCUT2D eigenvalue weighted by Gasteiger charge is 2.43. The number of fused-ring (bicyclic) bond motifs is 4. The van der Waals surface area contributed by atoms with Crippen LogP contribution in [0.2, 0.25) is 0 Å². The number of benzene rings is 1. The van der Waals surface area contributed by atoms with E-state index in [0.717, 1.165) is 54.8 Å². The zero-order valence-corrected chi connectivity index (χ0v) is 15.2. The molecule has 5 rings (SSSR count). The topological polar surface area (TPSA) is 40.5 Å². The van der Waals surface area contributed by atoms with Gasteiger partial charge in [0.25, 0.3) is 0 Å². The largest absolute Gasteiger partial charge is 0.388 e. The lowest BCUT2D eigenvalue weighted by Gasteiger charge is -2.40. The van der Waals surface area contributed by atoms with Crippen molar-refractivity contribution in [3.63, 3.8) is 0 Å². The van der Waals surface area contributed by atoms with Crippen molar-refractivity contribution < 1.29 is 9.90 Å². The van der Waals surface area contributed by atoms with Gasteiger partial charge in [0.2, 0.25) is 0 Å². The number of nitrogens with zero attached hydrogens (tertiary/aromatic N) is 1. The molecule has 26 heavy (non-hydrogen) atoms. The summed E-state index contributed by atoms with van der Waals surface area (Å²) in [6.45, 7) is 3.03. The van der Waals surface area contributed by atoms with Crippen molar-refractivity contribution in [3.05, 3.63) is 53.6 Å². The average molecular weight is 349 g/mol. The number of hydrogen-bond acceptors (Lipinski definition) is 3. The second kappa shape index (κ2) is 6.17. The summed E-state index contributed by atoms with van der Waals surface area (Å²) in [5.74, 6) is 2.36. The monoisotopic (exact) mass is 349 g/mol. The van der Waals surface area contributed by atoms with Crippen LogP contribution in [0.15, 0.2) is 42.5 Å². The van der Waals surface area contributed by atoms with E-state index in [1.165, 1.54) is 24.9 Å². The van der Waals surface area contributed by atoms with Crippen LogP contribution in [-0.4, -0.2) is 42.0 Å². The minimum atomic E-state index is -0.403. The number of ketones is 1. The maximum absolute atomic E-state index is 12.2. The Morgan fingerprint density at radius 3 is 2.65 bits per heavy atom. The molecule has 2 bridgehead atoms. The molecule has 3 aliphatic carbocycles. The molecule has 2 fully saturated rings. The Bertz CT molecular complexity index is 785. The highest BCUT2D eigenvalue weighted by Crippen LogP contribution is 2.48. The fourth-order valence-corrected chi connectivity index (χ4v) is 5.88. The van der Waals surface area contributed by atoms with Crippen LogP contribution < -0.4 is 0 Å². The zero-order chi connectivity index (χ0) is 17.7. The van der Waals surface area contributed by atoms with Crippen LogP contribution in [0.5, 0.6) is 0 Å². The summed E-state index contributed by atoms with van der Waals surface area (Å²) >= 11 is 0. The Kier molecular flexibility index (Phi) is 3.91. The van der Waals surface area contributed by atoms with Gasteiger partial charge in [0, 0.05) is 17.5 Å². The Hall–Kier alpha value is -1.71. The van der Waals surface area contributed by atoms with Crippen molar-refractivity contribution >= 4 is 11.4 Å². The van der Waals surface area contributed by atoms with Crippen LogP contribution in [0.4, 0.5) is 0 Å². The van der Waals surface area contributed by atoms with E-state index in [-0.39, 0.29) is 11.2 Å². The van der Waals surface area contributed by atoms with Gasteiger partial charge in [0.1, 0.15) is 6.61 Å². The molecule has 1 spiro atoms. The van der Waals surface area contributed by atoms with Crippen LogP contribution in [0.3, 0.4) is 0 Å². The van der Waals surface area contributed by atoms with Crippen molar-refractivity contribution in [2.24, 2.45) is 17.8 Å². The first-order chi connectivity index (χ1) is 12.7. The third kappa shape index (κ3) is 2.52. The molecule has 1 saturated heterocycles. The molecule has 1 aliphatic heterocycles. The molecule has 3 unspecified atom stereocenters. The summed E-state index contributed by atoms with van der Waals surface area (Å²) in [4.78, 5) is 14.9. The second-order valence-corrected chi connectivity index (χ2v) is 8.68. The Balaban J connectivity index is 1.33. The maximum atomic E-state index is 12.2. The van der Waals surface area contributed by atoms with E-state index in [1.807, 2.05) is 12.1 Å². The Labute approximate surface area is 155 Å². The molecule has 0 radical (unpaired) electrons. The van der Waals surface area contributed by atoms with E-state index in [0.29, 0.717) is 0 Å². The molecule has 0 aromatic heterocycles. The van der Waals surface area contributed by atoms with Gasteiger partial charge in [-0.3, -0.25) is 4.79 Å². The normalized spacial score (nSPS) is 31.4. The quantitative estimate of drug-likeness (QED) is 0.849. The number of allylic oxidation sites excluding steroid dienone is 3. The van der Waals surface area contributed by atoms with E-state index >= 15 is 0 Å². The highest BCUT2D eigenvalue weighted by atomic mass is 16.3. The summed E-state index contributed by atoms with van der Waals surface area (Å²) in [5.41, 5.74) is 3.05. The molecule has 1 aromatic rings. The number of likely N-dealkylation sites (tertiary alicyclic amines) is 1. The van der Waals surface area contributed by atoms with Gasteiger partial charge < -0.3 is 10.0 Å². The molecule has 1 saturated carbocycles. The van der Waals surface area contributed by atoms with Gasteiger partial charge in [-0.2, -0.15) is 0 Å². The molecule has 0 amide bonds. The van der Waals surface area contributed by atoms with Crippen LogP contribution in [0.25, 0.3) is 5.57 Å². The number of hydrogen-bond donors (Lipinski definition) is 1. The minimum Gasteiger partial charge on any atom is -0.388 e. The molecule has 3 heteroatoms. The van der Waals surface area contributed by atoms with Crippen molar-refractivity contribution in [2.75, 3.05) is 26.2 Å². The van der Waals surface area contributed by atoms with Crippen LogP contribution in [0.1, 0.15) is 36.8 Å². The summed E-state index contributed by atoms with van der Waals surface area (Å²) in [7, 11) is 0. The number of carbonyl (C=O) groups excluding carboxylic acids is 1. The lowest BCUT2D eigenvalue weighted by Crippen LogP contribution is -2.43. The second-order valence-electron chi connectivity index (χ2n) is 8.68. The molecular formula is C23H27NO2. The Morgan fingerprint density at radius 2 is 1.96 bits per heavy atom. The maximum Gasteiger partial charge on any atom is 0.188 e. The first-order valence-electron chi connectivity index (χ1n) is 10.1. The first-order valence-corrected chi connectivity index (χ1v) is 10.1. The predicted molar refractivity (Wildman–Crippen MR) is 103 cm³/mol. The molecule has 4 aliphatic rings. The molecule has 3 atom stereocenters. The van der Waals surface area contributed by atoms with Gasteiger partial charge in [-0.15, -0.1) is 0 Å². The van der Waals surface area contributed by atoms with Crippen LogP contribution >= 0.6 is 0 Å². The molecule has 136 valence electrons. The molecule has 1 aromatic carbocycles. The summed E-state index contributed by atoms with van der Waals surface area (Å²) < 4.78 is 0. The first kappa shape index (κ1) is 16.5. The third-order valence-corrected chi connectivity index (χ3v) is 7.28. The molecule has 3 nitrogen and oxygen atoms in total. The molecular weight excluding hydrogens is 322 g/mol. The average Bonchev–Trinajstić information content (AvgIpc) is 3.37. The Morgan fingerprint density at radius 1 is 1.15 bits per heavy atom. The summed E-state index contributed by atoms with van der Waals surface area (Å²) in [6, 6.07) is 8.29. The van der Waals surface area contributed by atoms with Crippen LogP contribution in [-0.2, 0) is 10.2 Å². The van der Waals surface area contributed by atoms with Gasteiger partial charge in [0.15, 0.2) is 5.78 Å². The highest BCUT2D eigenvalue weighted by molar-refractivity contribution is 6.23. The fourth-order valence-electron chi connectivity index (χ4n) is 5.88. The lowest BCUT2D eigenvalue weighted by atomic mass is 9.74. The van der Waals surface area contributed by atoms with Gasteiger partial charge in [-0.05, 0) is 67.7 Å². The summed E-state index contributed by atoms with van der Waals surface area (Å²) in [5, 5.41) is 9.36. The van der Waals surface area contributed by atoms with E-state index < -0.39 is 6.61 Å². The number of aliphatic hydroxyl groups is 1. The standard InChI is InChI=1S/C23H27NO2/c25-15-22(26)20-13-23(21-4-2-1-3-19(20)21)7-9-24(10-8-23)14-18-12-16-5-6-17(18)11-16/h1-6,13,16-18,25H,7-12,14-15H2. The number of aliphatic hydroxyl groups excluding tert-OH is 1. The van der Waals surface area contributed by atoms with Crippen LogP contribution in [0, 0.1) is 17.8 Å². The third-order valence-electron chi connectivity index (χ3n) is 7.28. The fraction of sp³-hybridized carbons (Fsp3) is 0.522. The van der Waals surface area contributed by atoms with E-state index in [1.54, 1.807) is 0 Å². The van der Waals surface area contributed by atoms with E-state index in [4.69, 9.17) is 0 Å². The minimum absolute atomic E-state index is 0.0121. The summed E-state index contributed by atoms with van der Waals surface area (Å²) in [6.07, 6.45) is 11.9. The number of piperidine rings is 1. The van der Waals surface area contributed by atoms with Gasteiger partial charge >= 0.3 is 0 Å². The zero-order valence-electron chi connectivity index (χ0n) is 15.2. The number of Topliss-reactive ketones (excluding diaryl/α,β-unsaturated/α-hetero) is 1. The molecule has 1 N–H and O–H groups in total. The van der Waals surface area contributed by atoms with Crippen molar-refractivity contribution in [2.45, 2.75) is 31.1 Å². The van der Waals surface area contributed by atoms with E-state index in [2.05, 4.69) is 35.3 Å². The number of rotatable bonds is 4. The molecule has 1 heterocycles. The smallest absolute Gasteiger partial charge is 0.188 e. The van der Waals surface area contributed by atoms with Crippen molar-refractivity contribution in [1.82, 2.24) is 4.90 Å². The van der Waals surface area contributed by atoms with Crippen molar-refractivity contribution in [3.8, 4) is 0 Å². The SMILES string of the molecule is O=C(CO)C1=CC2(CCN(CC3CC4C=CC3C4)CC2)c2ccccc21. The van der Waals surface area contributed by atoms with Gasteiger partial charge in [0.05, 0.1) is 0 Å². The van der Waals surface area contributed by atoms with Gasteiger partial charge in [-0.25, -0.2) is 0 Å². The lowest BCUT2D eigenvalue weighted by molar-refractivity contribution is -0.116. The number of carbonyl (C=O) groups is 1.